The summed E-state index contributed by atoms with van der Waals surface area (Å²) in [5, 5.41) is 17.1. The van der Waals surface area contributed by atoms with E-state index in [2.05, 4.69) is 25.9 Å². The van der Waals surface area contributed by atoms with Gasteiger partial charge in [-0.2, -0.15) is 11.8 Å². The number of thioether (sulfide) groups is 1. The summed E-state index contributed by atoms with van der Waals surface area (Å²) in [5.74, 6) is -1.85. The molecular formula is C22H29F2N7O4S. The number of nitrogens with one attached hydrogen (secondary N) is 3. The minimum absolute atomic E-state index is 0.103. The number of hydrogen-bond donors (Lipinski definition) is 5. The third kappa shape index (κ3) is 7.07. The molecule has 36 heavy (non-hydrogen) atoms. The highest BCUT2D eigenvalue weighted by Crippen LogP contribution is 2.27. The molecule has 2 aromatic rings. The molecule has 0 spiro atoms. The largest absolute Gasteiger partial charge is 0.465 e. The van der Waals surface area contributed by atoms with E-state index >= 15 is 0 Å². The molecule has 11 nitrogen and oxygen atoms in total. The first-order valence-electron chi connectivity index (χ1n) is 11.2. The highest BCUT2D eigenvalue weighted by Gasteiger charge is 2.23. The molecule has 0 bridgehead atoms. The first-order chi connectivity index (χ1) is 17.2. The highest BCUT2D eigenvalue weighted by molar-refractivity contribution is 7.98. The van der Waals surface area contributed by atoms with Gasteiger partial charge in [-0.05, 0) is 31.4 Å². The lowest BCUT2D eigenvalue weighted by Gasteiger charge is -2.28. The van der Waals surface area contributed by atoms with Crippen LogP contribution in [0.4, 0.5) is 36.7 Å². The molecule has 0 saturated carbocycles. The van der Waals surface area contributed by atoms with Crippen LogP contribution in [0.3, 0.4) is 0 Å². The van der Waals surface area contributed by atoms with E-state index in [1.165, 1.54) is 12.3 Å². The second-order valence-corrected chi connectivity index (χ2v) is 9.09. The summed E-state index contributed by atoms with van der Waals surface area (Å²) in [5.41, 5.74) is 5.35. The van der Waals surface area contributed by atoms with Gasteiger partial charge in [-0.15, -0.1) is 0 Å². The second-order valence-electron chi connectivity index (χ2n) is 8.10. The highest BCUT2D eigenvalue weighted by atomic mass is 32.2. The normalized spacial score (nSPS) is 15.2. The van der Waals surface area contributed by atoms with Crippen LogP contribution in [0.25, 0.3) is 0 Å². The van der Waals surface area contributed by atoms with Crippen molar-refractivity contribution in [3.05, 3.63) is 35.5 Å². The molecule has 1 fully saturated rings. The third-order valence-electron chi connectivity index (χ3n) is 5.55. The Morgan fingerprint density at radius 3 is 2.58 bits per heavy atom. The fourth-order valence-corrected chi connectivity index (χ4v) is 4.17. The summed E-state index contributed by atoms with van der Waals surface area (Å²) in [7, 11) is 0. The van der Waals surface area contributed by atoms with Crippen LogP contribution in [0.2, 0.25) is 0 Å². The molecule has 14 heteroatoms. The van der Waals surface area contributed by atoms with Crippen LogP contribution in [0.1, 0.15) is 23.7 Å². The Morgan fingerprint density at radius 1 is 1.25 bits per heavy atom. The molecule has 2 amide bonds. The summed E-state index contributed by atoms with van der Waals surface area (Å²) < 4.78 is 34.9. The monoisotopic (exact) mass is 525 g/mol. The van der Waals surface area contributed by atoms with Crippen molar-refractivity contribution in [2.45, 2.75) is 25.4 Å². The van der Waals surface area contributed by atoms with E-state index in [0.29, 0.717) is 38.5 Å². The number of hydrogen-bond acceptors (Lipinski definition) is 9. The minimum Gasteiger partial charge on any atom is -0.465 e. The minimum atomic E-state index is -1.21. The summed E-state index contributed by atoms with van der Waals surface area (Å²) in [6.07, 6.45) is 2.55. The van der Waals surface area contributed by atoms with Crippen LogP contribution in [0, 0.1) is 11.6 Å². The molecule has 0 aromatic carbocycles. The van der Waals surface area contributed by atoms with E-state index in [1.807, 2.05) is 6.26 Å². The van der Waals surface area contributed by atoms with Crippen LogP contribution >= 0.6 is 11.8 Å². The number of halogens is 2. The van der Waals surface area contributed by atoms with Gasteiger partial charge < -0.3 is 36.4 Å². The number of aromatic nitrogens is 2. The van der Waals surface area contributed by atoms with Gasteiger partial charge in [0.25, 0.3) is 5.91 Å². The van der Waals surface area contributed by atoms with Crippen molar-refractivity contribution in [3.63, 3.8) is 0 Å². The standard InChI is InChI=1S/C22H29F2N7O4S/c1-12(27-22(33)34)17(3-8-36-2)29-20-15(23)10-14(18(25)32)19(30-20)28-13-9-16(24)21(26-11-13)31-4-6-35-7-5-31/h9-12,17,27H,3-8H2,1-2H3,(H2,25,32)(H,33,34)(H2,28,29,30)/t12-,17+/m0/s1. The first kappa shape index (κ1) is 27.2. The van der Waals surface area contributed by atoms with Gasteiger partial charge in [0.15, 0.2) is 23.3 Å². The molecule has 1 aliphatic rings. The molecular weight excluding hydrogens is 496 g/mol. The Bertz CT molecular complexity index is 1090. The number of carbonyl (C=O) groups excluding carboxylic acids is 1. The zero-order valence-corrected chi connectivity index (χ0v) is 20.7. The van der Waals surface area contributed by atoms with Crippen molar-refractivity contribution in [1.82, 2.24) is 15.3 Å². The molecule has 3 rings (SSSR count). The summed E-state index contributed by atoms with van der Waals surface area (Å²) in [4.78, 5) is 33.2. The number of rotatable bonds is 11. The summed E-state index contributed by atoms with van der Waals surface area (Å²) in [6, 6.07) is 1.04. The molecule has 1 saturated heterocycles. The number of pyridine rings is 2. The van der Waals surface area contributed by atoms with Gasteiger partial charge in [0.1, 0.15) is 5.82 Å². The molecule has 0 radical (unpaired) electrons. The van der Waals surface area contributed by atoms with E-state index < -0.39 is 35.7 Å². The molecule has 1 aliphatic heterocycles. The Hall–Kier alpha value is -3.39. The molecule has 0 aliphatic carbocycles. The van der Waals surface area contributed by atoms with Crippen molar-refractivity contribution in [2.75, 3.05) is 53.8 Å². The van der Waals surface area contributed by atoms with Gasteiger partial charge in [-0.25, -0.2) is 23.5 Å². The topological polar surface area (TPSA) is 155 Å². The Labute approximate surface area is 211 Å². The predicted molar refractivity (Wildman–Crippen MR) is 134 cm³/mol. The van der Waals surface area contributed by atoms with Crippen LogP contribution in [-0.4, -0.2) is 77.5 Å². The zero-order valence-electron chi connectivity index (χ0n) is 19.9. The number of primary amides is 1. The fourth-order valence-electron chi connectivity index (χ4n) is 3.68. The number of carboxylic acid groups (broad SMARTS) is 1. The van der Waals surface area contributed by atoms with Crippen LogP contribution in [0.15, 0.2) is 18.3 Å². The average Bonchev–Trinajstić information content (AvgIpc) is 2.83. The van der Waals surface area contributed by atoms with E-state index in [4.69, 9.17) is 15.6 Å². The van der Waals surface area contributed by atoms with Crippen LogP contribution < -0.4 is 26.6 Å². The van der Waals surface area contributed by atoms with E-state index in [-0.39, 0.29) is 28.7 Å². The summed E-state index contributed by atoms with van der Waals surface area (Å²) in [6.45, 7) is 3.59. The van der Waals surface area contributed by atoms with Gasteiger partial charge in [0.2, 0.25) is 0 Å². The number of carbonyl (C=O) groups is 2. The van der Waals surface area contributed by atoms with Crippen molar-refractivity contribution >= 4 is 46.9 Å². The molecule has 6 N–H and O–H groups in total. The van der Waals surface area contributed by atoms with Gasteiger partial charge in [-0.3, -0.25) is 4.79 Å². The SMILES string of the molecule is CSCC[C@@H](Nc1nc(Nc2cnc(N3CCOCC3)c(F)c2)c(C(N)=O)cc1F)[C@H](C)NC(=O)O. The smallest absolute Gasteiger partial charge is 0.404 e. The third-order valence-corrected chi connectivity index (χ3v) is 6.19. The van der Waals surface area contributed by atoms with Crippen LogP contribution in [-0.2, 0) is 4.74 Å². The number of morpholine rings is 1. The fraction of sp³-hybridized carbons (Fsp3) is 0.455. The van der Waals surface area contributed by atoms with Gasteiger partial charge in [0.05, 0.1) is 30.7 Å². The molecule has 3 heterocycles. The van der Waals surface area contributed by atoms with E-state index in [1.54, 1.807) is 23.6 Å². The average molecular weight is 526 g/mol. The Morgan fingerprint density at radius 2 is 1.97 bits per heavy atom. The van der Waals surface area contributed by atoms with Crippen molar-refractivity contribution in [1.29, 1.82) is 0 Å². The number of nitrogens with zero attached hydrogens (tertiary/aromatic N) is 3. The maximum absolute atomic E-state index is 14.9. The lowest BCUT2D eigenvalue weighted by molar-refractivity contribution is 0.1000. The molecule has 0 unspecified atom stereocenters. The predicted octanol–water partition coefficient (Wildman–Crippen LogP) is 2.62. The number of nitrogens with two attached hydrogens (primary N) is 1. The van der Waals surface area contributed by atoms with E-state index in [0.717, 1.165) is 6.07 Å². The lowest BCUT2D eigenvalue weighted by Crippen LogP contribution is -2.45. The van der Waals surface area contributed by atoms with Gasteiger partial charge >= 0.3 is 6.09 Å². The molecule has 2 atom stereocenters. The van der Waals surface area contributed by atoms with Crippen molar-refractivity contribution in [3.8, 4) is 0 Å². The Balaban J connectivity index is 1.88. The summed E-state index contributed by atoms with van der Waals surface area (Å²) >= 11 is 1.55. The zero-order chi connectivity index (χ0) is 26.2. The molecule has 2 aromatic heterocycles. The van der Waals surface area contributed by atoms with Gasteiger partial charge in [-0.1, -0.05) is 0 Å². The van der Waals surface area contributed by atoms with Crippen LogP contribution in [0.5, 0.6) is 0 Å². The van der Waals surface area contributed by atoms with Crippen molar-refractivity contribution < 1.29 is 28.2 Å². The molecule has 196 valence electrons. The maximum atomic E-state index is 14.9. The van der Waals surface area contributed by atoms with Crippen molar-refractivity contribution in [2.24, 2.45) is 5.73 Å². The quantitative estimate of drug-likeness (QED) is 0.296. The number of ether oxygens (including phenoxy) is 1. The maximum Gasteiger partial charge on any atom is 0.404 e. The van der Waals surface area contributed by atoms with Gasteiger partial charge in [0, 0.05) is 31.2 Å². The lowest BCUT2D eigenvalue weighted by atomic mass is 10.1. The Kier molecular flexibility index (Phi) is 9.47. The van der Waals surface area contributed by atoms with E-state index in [9.17, 15) is 18.4 Å². The number of anilines is 4. The number of amides is 2. The second kappa shape index (κ2) is 12.5. The first-order valence-corrected chi connectivity index (χ1v) is 12.6.